The maximum Gasteiger partial charge on any atom is 0.0494 e. The molecule has 0 aliphatic carbocycles. The lowest BCUT2D eigenvalue weighted by Gasteiger charge is -2.25. The minimum atomic E-state index is 0.00521. The van der Waals surface area contributed by atoms with Gasteiger partial charge in [0.05, 0.1) is 0 Å². The summed E-state index contributed by atoms with van der Waals surface area (Å²) in [6.07, 6.45) is 1.24. The Morgan fingerprint density at radius 3 is 2.60 bits per heavy atom. The zero-order valence-electron chi connectivity index (χ0n) is 10.6. The van der Waals surface area contributed by atoms with E-state index in [-0.39, 0.29) is 12.0 Å². The van der Waals surface area contributed by atoms with E-state index in [4.69, 9.17) is 5.11 Å². The van der Waals surface area contributed by atoms with Gasteiger partial charge in [-0.15, -0.1) is 0 Å². The van der Waals surface area contributed by atoms with E-state index in [0.29, 0.717) is 12.1 Å². The van der Waals surface area contributed by atoms with E-state index in [1.165, 1.54) is 13.0 Å². The van der Waals surface area contributed by atoms with Crippen molar-refractivity contribution >= 4 is 0 Å². The summed E-state index contributed by atoms with van der Waals surface area (Å²) in [4.78, 5) is 2.50. The van der Waals surface area contributed by atoms with Gasteiger partial charge in [-0.05, 0) is 26.8 Å². The molecule has 0 amide bonds. The molecule has 1 aliphatic rings. The second-order valence-electron chi connectivity index (χ2n) is 5.78. The monoisotopic (exact) mass is 214 g/mol. The van der Waals surface area contributed by atoms with Crippen molar-refractivity contribution < 1.29 is 5.11 Å². The average Bonchev–Trinajstić information content (AvgIpc) is 2.63. The summed E-state index contributed by atoms with van der Waals surface area (Å²) in [5.41, 5.74) is 0.00521. The van der Waals surface area contributed by atoms with Crippen molar-refractivity contribution in [3.8, 4) is 0 Å². The Labute approximate surface area is 93.9 Å². The first-order valence-electron chi connectivity index (χ1n) is 6.03. The highest BCUT2D eigenvalue weighted by atomic mass is 16.3. The van der Waals surface area contributed by atoms with E-state index >= 15 is 0 Å². The van der Waals surface area contributed by atoms with Crippen LogP contribution in [0.2, 0.25) is 0 Å². The van der Waals surface area contributed by atoms with Gasteiger partial charge in [0.1, 0.15) is 0 Å². The van der Waals surface area contributed by atoms with Crippen molar-refractivity contribution in [1.29, 1.82) is 0 Å². The molecule has 1 atom stereocenters. The summed E-state index contributed by atoms with van der Waals surface area (Å²) in [7, 11) is 0. The van der Waals surface area contributed by atoms with E-state index in [0.717, 1.165) is 13.1 Å². The molecule has 0 spiro atoms. The van der Waals surface area contributed by atoms with Crippen LogP contribution in [0.4, 0.5) is 0 Å². The number of hydrogen-bond donors (Lipinski definition) is 2. The summed E-state index contributed by atoms with van der Waals surface area (Å²) < 4.78 is 0. The van der Waals surface area contributed by atoms with E-state index in [9.17, 15) is 0 Å². The van der Waals surface area contributed by atoms with Gasteiger partial charge in [0, 0.05) is 37.2 Å². The fourth-order valence-electron chi connectivity index (χ4n) is 1.90. The highest BCUT2D eigenvalue weighted by molar-refractivity contribution is 4.84. The molecule has 2 N–H and O–H groups in total. The molecule has 0 aromatic heterocycles. The van der Waals surface area contributed by atoms with Gasteiger partial charge in [-0.3, -0.25) is 4.90 Å². The lowest BCUT2D eigenvalue weighted by atomic mass is 9.94. The van der Waals surface area contributed by atoms with Gasteiger partial charge in [-0.25, -0.2) is 0 Å². The fraction of sp³-hybridized carbons (Fsp3) is 1.00. The van der Waals surface area contributed by atoms with Gasteiger partial charge in [-0.2, -0.15) is 0 Å². The molecular weight excluding hydrogens is 188 g/mol. The van der Waals surface area contributed by atoms with Crippen LogP contribution < -0.4 is 5.32 Å². The molecule has 1 saturated heterocycles. The summed E-state index contributed by atoms with van der Waals surface area (Å²) in [5.74, 6) is 0. The highest BCUT2D eigenvalue weighted by Gasteiger charge is 2.25. The maximum atomic E-state index is 9.16. The van der Waals surface area contributed by atoms with Crippen LogP contribution in [0.25, 0.3) is 0 Å². The van der Waals surface area contributed by atoms with Crippen LogP contribution in [0.1, 0.15) is 34.1 Å². The molecule has 0 aromatic carbocycles. The quantitative estimate of drug-likeness (QED) is 0.719. The number of rotatable bonds is 5. The number of nitrogens with zero attached hydrogens (tertiary/aromatic N) is 1. The topological polar surface area (TPSA) is 35.5 Å². The van der Waals surface area contributed by atoms with Crippen LogP contribution in [0.5, 0.6) is 0 Å². The molecular formula is C12H26N2O. The van der Waals surface area contributed by atoms with E-state index in [2.05, 4.69) is 37.9 Å². The Hall–Kier alpha value is -0.120. The molecule has 1 heterocycles. The fourth-order valence-corrected chi connectivity index (χ4v) is 1.90. The smallest absolute Gasteiger partial charge is 0.0494 e. The molecule has 0 saturated carbocycles. The van der Waals surface area contributed by atoms with E-state index < -0.39 is 0 Å². The summed E-state index contributed by atoms with van der Waals surface area (Å²) in [6.45, 7) is 12.2. The number of aliphatic hydroxyl groups is 1. The predicted molar refractivity (Wildman–Crippen MR) is 64.0 cm³/mol. The molecule has 0 aromatic rings. The first kappa shape index (κ1) is 12.9. The Balaban J connectivity index is 2.25. The Bertz CT molecular complexity index is 192. The summed E-state index contributed by atoms with van der Waals surface area (Å²) >= 11 is 0. The third-order valence-corrected chi connectivity index (χ3v) is 3.25. The van der Waals surface area contributed by atoms with Crippen LogP contribution >= 0.6 is 0 Å². The average molecular weight is 214 g/mol. The molecule has 0 bridgehead atoms. The zero-order valence-corrected chi connectivity index (χ0v) is 10.6. The van der Waals surface area contributed by atoms with Gasteiger partial charge in [0.15, 0.2) is 0 Å². The normalized spacial score (nSPS) is 24.0. The van der Waals surface area contributed by atoms with Crippen LogP contribution in [0.3, 0.4) is 0 Å². The molecule has 1 unspecified atom stereocenters. The van der Waals surface area contributed by atoms with Gasteiger partial charge >= 0.3 is 0 Å². The third kappa shape index (κ3) is 4.09. The number of likely N-dealkylation sites (tertiary alicyclic amines) is 1. The van der Waals surface area contributed by atoms with Crippen LogP contribution in [0, 0.1) is 5.41 Å². The van der Waals surface area contributed by atoms with Crippen molar-refractivity contribution in [1.82, 2.24) is 10.2 Å². The molecule has 1 fully saturated rings. The molecule has 3 heteroatoms. The summed E-state index contributed by atoms with van der Waals surface area (Å²) in [5, 5.41) is 12.7. The molecule has 1 aliphatic heterocycles. The molecule has 0 radical (unpaired) electrons. The predicted octanol–water partition coefficient (Wildman–Crippen LogP) is 1.08. The van der Waals surface area contributed by atoms with Crippen LogP contribution in [-0.2, 0) is 0 Å². The zero-order chi connectivity index (χ0) is 11.5. The van der Waals surface area contributed by atoms with Crippen LogP contribution in [0.15, 0.2) is 0 Å². The molecule has 1 rings (SSSR count). The number of nitrogens with one attached hydrogen (secondary N) is 1. The largest absolute Gasteiger partial charge is 0.396 e. The SMILES string of the molecule is CC(C)N1CCC(NCC(C)(C)CO)C1. The first-order valence-corrected chi connectivity index (χ1v) is 6.03. The van der Waals surface area contributed by atoms with E-state index in [1.807, 2.05) is 0 Å². The Kier molecular flexibility index (Phi) is 4.56. The highest BCUT2D eigenvalue weighted by Crippen LogP contribution is 2.16. The number of aliphatic hydroxyl groups excluding tert-OH is 1. The third-order valence-electron chi connectivity index (χ3n) is 3.25. The van der Waals surface area contributed by atoms with Crippen LogP contribution in [-0.4, -0.2) is 48.3 Å². The van der Waals surface area contributed by atoms with Gasteiger partial charge in [-0.1, -0.05) is 13.8 Å². The molecule has 3 nitrogen and oxygen atoms in total. The standard InChI is InChI=1S/C12H26N2O/c1-10(2)14-6-5-11(7-14)13-8-12(3,4)9-15/h10-11,13,15H,5-9H2,1-4H3. The Morgan fingerprint density at radius 2 is 2.13 bits per heavy atom. The molecule has 15 heavy (non-hydrogen) atoms. The van der Waals surface area contributed by atoms with Gasteiger partial charge in [0.25, 0.3) is 0 Å². The minimum absolute atomic E-state index is 0.00521. The van der Waals surface area contributed by atoms with Gasteiger partial charge < -0.3 is 10.4 Å². The first-order chi connectivity index (χ1) is 6.94. The van der Waals surface area contributed by atoms with E-state index in [1.54, 1.807) is 0 Å². The lowest BCUT2D eigenvalue weighted by molar-refractivity contribution is 0.152. The van der Waals surface area contributed by atoms with Crippen molar-refractivity contribution in [3.63, 3.8) is 0 Å². The summed E-state index contributed by atoms with van der Waals surface area (Å²) in [6, 6.07) is 1.26. The van der Waals surface area contributed by atoms with Crippen molar-refractivity contribution in [3.05, 3.63) is 0 Å². The Morgan fingerprint density at radius 1 is 1.47 bits per heavy atom. The second kappa shape index (κ2) is 5.28. The maximum absolute atomic E-state index is 9.16. The second-order valence-corrected chi connectivity index (χ2v) is 5.78. The van der Waals surface area contributed by atoms with Crippen molar-refractivity contribution in [2.75, 3.05) is 26.2 Å². The molecule has 90 valence electrons. The van der Waals surface area contributed by atoms with Crippen molar-refractivity contribution in [2.24, 2.45) is 5.41 Å². The minimum Gasteiger partial charge on any atom is -0.396 e. The lowest BCUT2D eigenvalue weighted by Crippen LogP contribution is -2.40. The van der Waals surface area contributed by atoms with Gasteiger partial charge in [0.2, 0.25) is 0 Å². The van der Waals surface area contributed by atoms with Crippen molar-refractivity contribution in [2.45, 2.75) is 46.2 Å². The number of hydrogen-bond acceptors (Lipinski definition) is 3.